The fourth-order valence-electron chi connectivity index (χ4n) is 1.83. The summed E-state index contributed by atoms with van der Waals surface area (Å²) in [5, 5.41) is 18.3. The van der Waals surface area contributed by atoms with Gasteiger partial charge in [0.25, 0.3) is 5.69 Å². The highest BCUT2D eigenvalue weighted by Gasteiger charge is 2.13. The third-order valence-electron chi connectivity index (χ3n) is 2.83. The van der Waals surface area contributed by atoms with Gasteiger partial charge in [0.1, 0.15) is 11.5 Å². The van der Waals surface area contributed by atoms with Gasteiger partial charge >= 0.3 is 0 Å². The van der Waals surface area contributed by atoms with Crippen LogP contribution in [0.4, 0.5) is 5.69 Å². The Morgan fingerprint density at radius 2 is 2.17 bits per heavy atom. The van der Waals surface area contributed by atoms with Gasteiger partial charge < -0.3 is 9.73 Å². The van der Waals surface area contributed by atoms with Gasteiger partial charge in [-0.3, -0.25) is 15.5 Å². The molecular formula is C15H15ClN4O3S. The third-order valence-corrected chi connectivity index (χ3v) is 3.36. The van der Waals surface area contributed by atoms with E-state index in [1.165, 1.54) is 18.3 Å². The third kappa shape index (κ3) is 4.77. The van der Waals surface area contributed by atoms with Crippen molar-refractivity contribution in [2.45, 2.75) is 19.9 Å². The largest absolute Gasteiger partial charge is 0.455 e. The second kappa shape index (κ2) is 7.89. The minimum Gasteiger partial charge on any atom is -0.455 e. The first-order chi connectivity index (χ1) is 11.4. The van der Waals surface area contributed by atoms with Crippen molar-refractivity contribution in [2.24, 2.45) is 5.10 Å². The number of nitrogens with one attached hydrogen (secondary N) is 2. The number of benzene rings is 1. The second-order valence-electron chi connectivity index (χ2n) is 5.12. The lowest BCUT2D eigenvalue weighted by molar-refractivity contribution is -0.384. The highest BCUT2D eigenvalue weighted by molar-refractivity contribution is 7.80. The van der Waals surface area contributed by atoms with E-state index in [4.69, 9.17) is 28.2 Å². The molecule has 0 radical (unpaired) electrons. The average molecular weight is 367 g/mol. The molecule has 0 unspecified atom stereocenters. The zero-order chi connectivity index (χ0) is 17.7. The minimum absolute atomic E-state index is 0.0764. The summed E-state index contributed by atoms with van der Waals surface area (Å²) in [6, 6.07) is 7.82. The topological polar surface area (TPSA) is 92.7 Å². The van der Waals surface area contributed by atoms with Gasteiger partial charge in [-0.25, -0.2) is 0 Å². The number of nitrogens with zero attached hydrogens (tertiary/aromatic N) is 2. The maximum absolute atomic E-state index is 10.7. The van der Waals surface area contributed by atoms with Crippen LogP contribution in [0.3, 0.4) is 0 Å². The van der Waals surface area contributed by atoms with Crippen molar-refractivity contribution in [2.75, 3.05) is 0 Å². The van der Waals surface area contributed by atoms with E-state index in [2.05, 4.69) is 15.8 Å². The first-order valence-corrected chi connectivity index (χ1v) is 7.79. The number of rotatable bonds is 5. The van der Waals surface area contributed by atoms with Crippen molar-refractivity contribution in [3.8, 4) is 11.3 Å². The molecule has 0 aliphatic carbocycles. The lowest BCUT2D eigenvalue weighted by atomic mass is 10.1. The summed E-state index contributed by atoms with van der Waals surface area (Å²) >= 11 is 11.1. The number of hydrazone groups is 1. The molecule has 1 heterocycles. The normalized spacial score (nSPS) is 11.0. The van der Waals surface area contributed by atoms with E-state index >= 15 is 0 Å². The predicted octanol–water partition coefficient (Wildman–Crippen LogP) is 3.71. The number of hydrogen-bond acceptors (Lipinski definition) is 5. The van der Waals surface area contributed by atoms with Gasteiger partial charge in [-0.2, -0.15) is 5.10 Å². The van der Waals surface area contributed by atoms with Crippen LogP contribution >= 0.6 is 23.8 Å². The van der Waals surface area contributed by atoms with Crippen LogP contribution in [0.5, 0.6) is 0 Å². The zero-order valence-corrected chi connectivity index (χ0v) is 14.5. The molecule has 0 bridgehead atoms. The Labute approximate surface area is 148 Å². The van der Waals surface area contributed by atoms with E-state index in [0.29, 0.717) is 22.2 Å². The van der Waals surface area contributed by atoms with Gasteiger partial charge in [-0.1, -0.05) is 11.6 Å². The molecule has 2 rings (SSSR count). The van der Waals surface area contributed by atoms with Crippen molar-refractivity contribution in [1.29, 1.82) is 0 Å². The van der Waals surface area contributed by atoms with E-state index < -0.39 is 4.92 Å². The average Bonchev–Trinajstić information content (AvgIpc) is 2.94. The summed E-state index contributed by atoms with van der Waals surface area (Å²) in [5.41, 5.74) is 3.16. The standard InChI is InChI=1S/C15H15ClN4O3S/c1-9(2)18-15(24)19-17-8-11-4-6-14(23-11)12-5-3-10(20(21)22)7-13(12)16/h3-9H,1-2H3,(H2,18,19,24)/b17-8-. The van der Waals surface area contributed by atoms with E-state index in [9.17, 15) is 10.1 Å². The molecule has 0 aliphatic rings. The number of furan rings is 1. The van der Waals surface area contributed by atoms with Crippen LogP contribution in [0.2, 0.25) is 5.02 Å². The number of hydrogen-bond donors (Lipinski definition) is 2. The predicted molar refractivity (Wildman–Crippen MR) is 97.4 cm³/mol. The molecule has 0 aliphatic heterocycles. The molecule has 7 nitrogen and oxygen atoms in total. The van der Waals surface area contributed by atoms with Gasteiger partial charge in [0.2, 0.25) is 0 Å². The molecule has 24 heavy (non-hydrogen) atoms. The summed E-state index contributed by atoms with van der Waals surface area (Å²) in [4.78, 5) is 10.2. The van der Waals surface area contributed by atoms with E-state index in [-0.39, 0.29) is 16.8 Å². The Bertz CT molecular complexity index is 789. The van der Waals surface area contributed by atoms with Crippen LogP contribution in [0, 0.1) is 10.1 Å². The van der Waals surface area contributed by atoms with Crippen LogP contribution in [0.15, 0.2) is 39.9 Å². The molecule has 0 fully saturated rings. The monoisotopic (exact) mass is 366 g/mol. The quantitative estimate of drug-likeness (QED) is 0.362. The molecule has 1 aromatic carbocycles. The maximum atomic E-state index is 10.7. The van der Waals surface area contributed by atoms with Gasteiger partial charge in [-0.15, -0.1) is 0 Å². The Morgan fingerprint density at radius 3 is 2.79 bits per heavy atom. The summed E-state index contributed by atoms with van der Waals surface area (Å²) < 4.78 is 5.61. The molecule has 2 aromatic rings. The highest BCUT2D eigenvalue weighted by Crippen LogP contribution is 2.31. The van der Waals surface area contributed by atoms with E-state index in [0.717, 1.165) is 0 Å². The number of thiocarbonyl (C=S) groups is 1. The molecule has 1 aromatic heterocycles. The van der Waals surface area contributed by atoms with Crippen molar-refractivity contribution in [3.63, 3.8) is 0 Å². The molecule has 126 valence electrons. The first-order valence-electron chi connectivity index (χ1n) is 7.00. The lowest BCUT2D eigenvalue weighted by Gasteiger charge is -2.09. The Kier molecular flexibility index (Phi) is 5.88. The molecule has 0 spiro atoms. The van der Waals surface area contributed by atoms with Crippen LogP contribution in [0.1, 0.15) is 19.6 Å². The second-order valence-corrected chi connectivity index (χ2v) is 5.94. The number of halogens is 1. The van der Waals surface area contributed by atoms with E-state index in [1.807, 2.05) is 13.8 Å². The van der Waals surface area contributed by atoms with Gasteiger partial charge in [0.15, 0.2) is 5.11 Å². The van der Waals surface area contributed by atoms with Gasteiger partial charge in [0, 0.05) is 23.7 Å². The Morgan fingerprint density at radius 1 is 1.42 bits per heavy atom. The molecule has 0 amide bonds. The van der Waals surface area contributed by atoms with Crippen molar-refractivity contribution in [1.82, 2.24) is 10.7 Å². The van der Waals surface area contributed by atoms with Gasteiger partial charge in [-0.05, 0) is 44.3 Å². The van der Waals surface area contributed by atoms with Crippen LogP contribution in [-0.2, 0) is 0 Å². The van der Waals surface area contributed by atoms with Gasteiger partial charge in [0.05, 0.1) is 16.2 Å². The van der Waals surface area contributed by atoms with Crippen LogP contribution in [0.25, 0.3) is 11.3 Å². The summed E-state index contributed by atoms with van der Waals surface area (Å²) in [6.45, 7) is 3.93. The van der Waals surface area contributed by atoms with Crippen LogP contribution < -0.4 is 10.7 Å². The smallest absolute Gasteiger partial charge is 0.270 e. The van der Waals surface area contributed by atoms with Crippen molar-refractivity contribution < 1.29 is 9.34 Å². The SMILES string of the molecule is CC(C)NC(=S)N/N=C\c1ccc(-c2ccc([N+](=O)[O-])cc2Cl)o1. The maximum Gasteiger partial charge on any atom is 0.270 e. The number of nitro benzene ring substituents is 1. The highest BCUT2D eigenvalue weighted by atomic mass is 35.5. The Hall–Kier alpha value is -2.45. The van der Waals surface area contributed by atoms with Crippen molar-refractivity contribution >= 4 is 40.8 Å². The summed E-state index contributed by atoms with van der Waals surface area (Å²) in [6.07, 6.45) is 1.47. The molecule has 0 saturated carbocycles. The summed E-state index contributed by atoms with van der Waals surface area (Å²) in [5.74, 6) is 0.971. The molecule has 2 N–H and O–H groups in total. The number of non-ortho nitro benzene ring substituents is 1. The summed E-state index contributed by atoms with van der Waals surface area (Å²) in [7, 11) is 0. The number of nitro groups is 1. The Balaban J connectivity index is 2.08. The first kappa shape index (κ1) is 17.9. The minimum atomic E-state index is -0.504. The fraction of sp³-hybridized carbons (Fsp3) is 0.200. The fourth-order valence-corrected chi connectivity index (χ4v) is 2.39. The van der Waals surface area contributed by atoms with Crippen molar-refractivity contribution in [3.05, 3.63) is 51.2 Å². The molecule has 9 heteroatoms. The zero-order valence-electron chi connectivity index (χ0n) is 12.9. The van der Waals surface area contributed by atoms with E-state index in [1.54, 1.807) is 18.2 Å². The van der Waals surface area contributed by atoms with Crippen LogP contribution in [-0.4, -0.2) is 22.3 Å². The molecule has 0 atom stereocenters. The molecular weight excluding hydrogens is 352 g/mol. The lowest BCUT2D eigenvalue weighted by Crippen LogP contribution is -2.36. The molecule has 0 saturated heterocycles.